The largest absolute Gasteiger partial charge is 0.448 e. The van der Waals surface area contributed by atoms with Crippen LogP contribution in [0.1, 0.15) is 44.9 Å². The second-order valence-corrected chi connectivity index (χ2v) is 11.0. The number of rotatable bonds is 7. The highest BCUT2D eigenvalue weighted by molar-refractivity contribution is 8.00. The van der Waals surface area contributed by atoms with Crippen LogP contribution in [0.15, 0.2) is 84.3 Å². The van der Waals surface area contributed by atoms with Gasteiger partial charge in [0.1, 0.15) is 22.7 Å². The molecule has 2 aliphatic heterocycles. The molecular weight excluding hydrogens is 520 g/mol. The van der Waals surface area contributed by atoms with Crippen molar-refractivity contribution in [3.8, 4) is 0 Å². The SMILES string of the molecule is CC(=O)OC=CC1=C(C(=O)OC(c2ccccc2)c2ccccc2)N2C(=O)C(NC(=O)OC(C)(C)C)C2SC1. The average Bonchev–Trinajstić information content (AvgIpc) is 2.89. The van der Waals surface area contributed by atoms with Crippen LogP contribution in [0, 0.1) is 0 Å². The molecule has 1 N–H and O–H groups in total. The Morgan fingerprint density at radius 3 is 2.15 bits per heavy atom. The van der Waals surface area contributed by atoms with E-state index in [1.54, 1.807) is 20.8 Å². The number of esters is 2. The lowest BCUT2D eigenvalue weighted by Crippen LogP contribution is -2.70. The molecule has 0 bridgehead atoms. The van der Waals surface area contributed by atoms with Gasteiger partial charge in [-0.05, 0) is 43.5 Å². The summed E-state index contributed by atoms with van der Waals surface area (Å²) in [5, 5.41) is 2.07. The number of fused-ring (bicyclic) bond motifs is 1. The van der Waals surface area contributed by atoms with Crippen molar-refractivity contribution in [1.82, 2.24) is 10.2 Å². The number of allylic oxidation sites excluding steroid dienone is 1. The molecule has 10 heteroatoms. The summed E-state index contributed by atoms with van der Waals surface area (Å²) in [7, 11) is 0. The Hall–Kier alpha value is -4.05. The van der Waals surface area contributed by atoms with Gasteiger partial charge < -0.3 is 19.5 Å². The number of β-lactam (4-membered cyclic amide) rings is 1. The topological polar surface area (TPSA) is 111 Å². The van der Waals surface area contributed by atoms with Gasteiger partial charge in [0.15, 0.2) is 6.10 Å². The van der Waals surface area contributed by atoms with E-state index in [0.717, 1.165) is 11.1 Å². The van der Waals surface area contributed by atoms with Gasteiger partial charge in [-0.3, -0.25) is 14.5 Å². The minimum atomic E-state index is -0.870. The lowest BCUT2D eigenvalue weighted by atomic mass is 10.0. The van der Waals surface area contributed by atoms with E-state index >= 15 is 0 Å². The van der Waals surface area contributed by atoms with Crippen molar-refractivity contribution in [2.45, 2.75) is 50.8 Å². The van der Waals surface area contributed by atoms with E-state index in [-0.39, 0.29) is 5.70 Å². The summed E-state index contributed by atoms with van der Waals surface area (Å²) in [6.45, 7) is 6.44. The smallest absolute Gasteiger partial charge is 0.408 e. The highest BCUT2D eigenvalue weighted by Crippen LogP contribution is 2.42. The number of carbonyl (C=O) groups excluding carboxylic acids is 4. The number of hydrogen-bond donors (Lipinski definition) is 1. The third-order valence-corrected chi connectivity index (χ3v) is 7.10. The molecule has 2 atom stereocenters. The van der Waals surface area contributed by atoms with Gasteiger partial charge >= 0.3 is 18.0 Å². The van der Waals surface area contributed by atoms with Gasteiger partial charge in [0, 0.05) is 12.7 Å². The van der Waals surface area contributed by atoms with Crippen molar-refractivity contribution in [3.63, 3.8) is 0 Å². The lowest BCUT2D eigenvalue weighted by molar-refractivity contribution is -0.153. The summed E-state index contributed by atoms with van der Waals surface area (Å²) < 4.78 is 16.3. The van der Waals surface area contributed by atoms with Crippen LogP contribution < -0.4 is 5.32 Å². The number of thioether (sulfide) groups is 1. The molecule has 1 saturated heterocycles. The van der Waals surface area contributed by atoms with E-state index in [2.05, 4.69) is 5.32 Å². The van der Waals surface area contributed by atoms with Crippen LogP contribution in [-0.2, 0) is 28.6 Å². The third kappa shape index (κ3) is 6.69. The van der Waals surface area contributed by atoms with Gasteiger partial charge in [-0.1, -0.05) is 60.7 Å². The molecule has 0 spiro atoms. The minimum absolute atomic E-state index is 0.0336. The Labute approximate surface area is 231 Å². The quantitative estimate of drug-likeness (QED) is 0.233. The second kappa shape index (κ2) is 11.8. The molecule has 0 aromatic heterocycles. The first-order chi connectivity index (χ1) is 18.5. The standard InChI is InChI=1S/C29H30N2O7S/c1-18(32)36-16-15-21-17-39-26-22(30-28(35)38-29(2,3)4)25(33)31(26)23(21)27(34)37-24(19-11-7-5-8-12-19)20-13-9-6-10-14-20/h5-16,22,24,26H,17H2,1-4H3,(H,30,35). The van der Waals surface area contributed by atoms with E-state index in [9.17, 15) is 19.2 Å². The van der Waals surface area contributed by atoms with Crippen LogP contribution in [0.25, 0.3) is 0 Å². The molecule has 2 aromatic carbocycles. The van der Waals surface area contributed by atoms with E-state index in [0.29, 0.717) is 11.3 Å². The van der Waals surface area contributed by atoms with Crippen molar-refractivity contribution < 1.29 is 33.4 Å². The molecule has 204 valence electrons. The summed E-state index contributed by atoms with van der Waals surface area (Å²) in [6.07, 6.45) is 1.20. The van der Waals surface area contributed by atoms with Gasteiger partial charge in [0.25, 0.3) is 5.91 Å². The van der Waals surface area contributed by atoms with E-state index < -0.39 is 47.1 Å². The first-order valence-electron chi connectivity index (χ1n) is 12.4. The van der Waals surface area contributed by atoms with Gasteiger partial charge in [-0.2, -0.15) is 0 Å². The zero-order valence-corrected chi connectivity index (χ0v) is 22.9. The van der Waals surface area contributed by atoms with Gasteiger partial charge in [-0.25, -0.2) is 9.59 Å². The molecule has 2 aliphatic rings. The highest BCUT2D eigenvalue weighted by atomic mass is 32.2. The molecule has 1 fully saturated rings. The molecule has 2 unspecified atom stereocenters. The summed E-state index contributed by atoms with van der Waals surface area (Å²) in [5.41, 5.74) is 1.27. The van der Waals surface area contributed by atoms with Crippen molar-refractivity contribution in [3.05, 3.63) is 95.4 Å². The summed E-state index contributed by atoms with van der Waals surface area (Å²) in [4.78, 5) is 52.0. The molecular formula is C29H30N2O7S. The van der Waals surface area contributed by atoms with Crippen molar-refractivity contribution in [2.24, 2.45) is 0 Å². The number of nitrogens with zero attached hydrogens (tertiary/aromatic N) is 1. The Morgan fingerprint density at radius 2 is 1.62 bits per heavy atom. The van der Waals surface area contributed by atoms with Crippen LogP contribution in [-0.4, -0.2) is 51.6 Å². The average molecular weight is 551 g/mol. The maximum absolute atomic E-state index is 13.8. The third-order valence-electron chi connectivity index (χ3n) is 5.80. The predicted octanol–water partition coefficient (Wildman–Crippen LogP) is 4.46. The van der Waals surface area contributed by atoms with Crippen molar-refractivity contribution in [2.75, 3.05) is 5.75 Å². The molecule has 2 aromatic rings. The zero-order valence-electron chi connectivity index (χ0n) is 22.1. The van der Waals surface area contributed by atoms with Crippen LogP contribution in [0.3, 0.4) is 0 Å². The van der Waals surface area contributed by atoms with Gasteiger partial charge in [-0.15, -0.1) is 11.8 Å². The van der Waals surface area contributed by atoms with E-state index in [1.807, 2.05) is 60.7 Å². The number of amides is 2. The highest BCUT2D eigenvalue weighted by Gasteiger charge is 2.54. The number of carbonyl (C=O) groups is 4. The number of ether oxygens (including phenoxy) is 3. The zero-order chi connectivity index (χ0) is 28.2. The molecule has 9 nitrogen and oxygen atoms in total. The number of nitrogens with one attached hydrogen (secondary N) is 1. The van der Waals surface area contributed by atoms with Crippen molar-refractivity contribution in [1.29, 1.82) is 0 Å². The van der Waals surface area contributed by atoms with Crippen LogP contribution in [0.2, 0.25) is 0 Å². The van der Waals surface area contributed by atoms with Crippen molar-refractivity contribution >= 4 is 35.7 Å². The summed E-state index contributed by atoms with van der Waals surface area (Å²) in [5.74, 6) is -1.40. The summed E-state index contributed by atoms with van der Waals surface area (Å²) >= 11 is 1.36. The van der Waals surface area contributed by atoms with Crippen LogP contribution in [0.4, 0.5) is 4.79 Å². The van der Waals surface area contributed by atoms with Crippen LogP contribution in [0.5, 0.6) is 0 Å². The lowest BCUT2D eigenvalue weighted by Gasteiger charge is -2.49. The monoisotopic (exact) mass is 550 g/mol. The first kappa shape index (κ1) is 28.0. The Bertz CT molecular complexity index is 1260. The first-order valence-corrected chi connectivity index (χ1v) is 13.4. The van der Waals surface area contributed by atoms with Gasteiger partial charge in [0.05, 0.1) is 6.26 Å². The van der Waals surface area contributed by atoms with E-state index in [4.69, 9.17) is 14.2 Å². The maximum Gasteiger partial charge on any atom is 0.408 e. The Kier molecular flexibility index (Phi) is 8.44. The molecule has 0 radical (unpaired) electrons. The predicted molar refractivity (Wildman–Crippen MR) is 145 cm³/mol. The Balaban J connectivity index is 1.64. The molecule has 0 saturated carbocycles. The Morgan fingerprint density at radius 1 is 1.03 bits per heavy atom. The van der Waals surface area contributed by atoms with E-state index in [1.165, 1.54) is 35.9 Å². The fourth-order valence-electron chi connectivity index (χ4n) is 4.15. The fourth-order valence-corrected chi connectivity index (χ4v) is 5.47. The molecule has 2 amide bonds. The summed E-state index contributed by atoms with van der Waals surface area (Å²) in [6, 6.07) is 17.7. The minimum Gasteiger partial charge on any atom is -0.448 e. The number of alkyl carbamates (subject to hydrolysis) is 1. The number of hydrogen-bond acceptors (Lipinski definition) is 8. The second-order valence-electron chi connectivity index (χ2n) is 9.93. The molecule has 39 heavy (non-hydrogen) atoms. The number of benzene rings is 2. The molecule has 2 heterocycles. The normalized spacial score (nSPS) is 18.9. The maximum atomic E-state index is 13.8. The van der Waals surface area contributed by atoms with Crippen LogP contribution >= 0.6 is 11.8 Å². The van der Waals surface area contributed by atoms with Gasteiger partial charge in [0.2, 0.25) is 0 Å². The fraction of sp³-hybridized carbons (Fsp3) is 0.310. The molecule has 4 rings (SSSR count). The molecule has 0 aliphatic carbocycles.